The summed E-state index contributed by atoms with van der Waals surface area (Å²) in [5, 5.41) is 6.43. The van der Waals surface area contributed by atoms with Gasteiger partial charge in [-0.15, -0.1) is 0 Å². The van der Waals surface area contributed by atoms with Crippen molar-refractivity contribution in [3.05, 3.63) is 47.3 Å². The molecule has 0 spiro atoms. The number of methoxy groups -OCH3 is 2. The average molecular weight is 385 g/mol. The number of aromatic nitrogens is 4. The molecule has 0 aliphatic carbocycles. The van der Waals surface area contributed by atoms with Crippen molar-refractivity contribution in [1.82, 2.24) is 19.7 Å². The van der Waals surface area contributed by atoms with Crippen LogP contribution in [-0.2, 0) is 0 Å². The monoisotopic (exact) mass is 384 g/mol. The first-order valence-electron chi connectivity index (χ1n) is 7.23. The van der Waals surface area contributed by atoms with Gasteiger partial charge in [0.1, 0.15) is 10.9 Å². The molecule has 120 valence electrons. The largest absolute Gasteiger partial charge is 0.493 e. The van der Waals surface area contributed by atoms with Crippen LogP contribution in [0, 0.1) is 0 Å². The molecule has 0 radical (unpaired) electrons. The topological polar surface area (TPSA) is 62.1 Å². The Morgan fingerprint density at radius 3 is 2.50 bits per heavy atom. The van der Waals surface area contributed by atoms with Gasteiger partial charge in [0.25, 0.3) is 0 Å². The van der Waals surface area contributed by atoms with Gasteiger partial charge < -0.3 is 9.47 Å². The van der Waals surface area contributed by atoms with Crippen molar-refractivity contribution in [2.75, 3.05) is 14.2 Å². The Morgan fingerprint density at radius 1 is 0.958 bits per heavy atom. The lowest BCUT2D eigenvalue weighted by Gasteiger charge is -2.11. The van der Waals surface area contributed by atoms with Crippen LogP contribution < -0.4 is 9.47 Å². The predicted octanol–water partition coefficient (Wildman–Crippen LogP) is 3.75. The molecule has 0 saturated carbocycles. The van der Waals surface area contributed by atoms with E-state index in [0.717, 1.165) is 26.4 Å². The number of nitrogens with zero attached hydrogens (tertiary/aromatic N) is 4. The van der Waals surface area contributed by atoms with Crippen molar-refractivity contribution in [3.8, 4) is 17.3 Å². The number of hydrogen-bond acceptors (Lipinski definition) is 5. The number of halogens is 1. The van der Waals surface area contributed by atoms with Crippen molar-refractivity contribution in [1.29, 1.82) is 0 Å². The molecule has 0 bridgehead atoms. The van der Waals surface area contributed by atoms with Crippen LogP contribution in [0.15, 0.2) is 47.3 Å². The molecule has 4 rings (SSSR count). The van der Waals surface area contributed by atoms with Gasteiger partial charge in [-0.05, 0) is 28.1 Å². The maximum absolute atomic E-state index is 5.41. The first kappa shape index (κ1) is 14.9. The standard InChI is InChI=1S/C17H13BrN4O2/c1-23-14-7-11-12(8-15(14)24-2)19-9-20-17(11)22-13-6-4-3-5-10(13)16(18)21-22/h3-9H,1-2H3. The summed E-state index contributed by atoms with van der Waals surface area (Å²) in [6.07, 6.45) is 1.52. The molecule has 0 fully saturated rings. The Balaban J connectivity index is 2.06. The van der Waals surface area contributed by atoms with E-state index >= 15 is 0 Å². The van der Waals surface area contributed by atoms with Gasteiger partial charge >= 0.3 is 0 Å². The zero-order valence-corrected chi connectivity index (χ0v) is 14.6. The lowest BCUT2D eigenvalue weighted by molar-refractivity contribution is 0.355. The van der Waals surface area contributed by atoms with Crippen molar-refractivity contribution in [3.63, 3.8) is 0 Å². The first-order valence-corrected chi connectivity index (χ1v) is 8.02. The molecule has 0 N–H and O–H groups in total. The fourth-order valence-corrected chi connectivity index (χ4v) is 3.22. The lowest BCUT2D eigenvalue weighted by Crippen LogP contribution is -2.02. The summed E-state index contributed by atoms with van der Waals surface area (Å²) < 4.78 is 13.3. The molecule has 2 heterocycles. The minimum absolute atomic E-state index is 0.622. The number of rotatable bonds is 3. The van der Waals surface area contributed by atoms with E-state index in [1.807, 2.05) is 36.4 Å². The summed E-state index contributed by atoms with van der Waals surface area (Å²) in [5.74, 6) is 1.93. The minimum Gasteiger partial charge on any atom is -0.493 e. The molecule has 0 unspecified atom stereocenters. The third kappa shape index (κ3) is 2.20. The second-order valence-electron chi connectivity index (χ2n) is 5.14. The Bertz CT molecular complexity index is 1060. The lowest BCUT2D eigenvalue weighted by atomic mass is 10.2. The Labute approximate surface area is 146 Å². The van der Waals surface area contributed by atoms with E-state index in [2.05, 4.69) is 31.0 Å². The molecule has 6 nitrogen and oxygen atoms in total. The van der Waals surface area contributed by atoms with Crippen molar-refractivity contribution in [2.24, 2.45) is 0 Å². The highest BCUT2D eigenvalue weighted by molar-refractivity contribution is 9.10. The molecular weight excluding hydrogens is 372 g/mol. The maximum atomic E-state index is 5.41. The van der Waals surface area contributed by atoms with Crippen LogP contribution in [0.4, 0.5) is 0 Å². The van der Waals surface area contributed by atoms with Gasteiger partial charge in [0.05, 0.1) is 25.3 Å². The SMILES string of the molecule is COc1cc2ncnc(-n3nc(Br)c4ccccc43)c2cc1OC. The molecule has 0 saturated heterocycles. The zero-order valence-electron chi connectivity index (χ0n) is 13.0. The van der Waals surface area contributed by atoms with Gasteiger partial charge in [-0.1, -0.05) is 18.2 Å². The van der Waals surface area contributed by atoms with E-state index < -0.39 is 0 Å². The number of ether oxygens (including phenoxy) is 2. The van der Waals surface area contributed by atoms with Crippen LogP contribution >= 0.6 is 15.9 Å². The van der Waals surface area contributed by atoms with Crippen molar-refractivity contribution >= 4 is 37.7 Å². The fourth-order valence-electron chi connectivity index (χ4n) is 2.73. The average Bonchev–Trinajstić information content (AvgIpc) is 2.97. The Morgan fingerprint density at radius 2 is 1.71 bits per heavy atom. The second kappa shape index (κ2) is 5.76. The summed E-state index contributed by atoms with van der Waals surface area (Å²) in [6, 6.07) is 11.7. The highest BCUT2D eigenvalue weighted by atomic mass is 79.9. The fraction of sp³-hybridized carbons (Fsp3) is 0.118. The predicted molar refractivity (Wildman–Crippen MR) is 95.0 cm³/mol. The third-order valence-corrected chi connectivity index (χ3v) is 4.45. The van der Waals surface area contributed by atoms with Gasteiger partial charge in [-0.25, -0.2) is 14.6 Å². The summed E-state index contributed by atoms with van der Waals surface area (Å²) in [7, 11) is 3.21. The Kier molecular flexibility index (Phi) is 3.57. The van der Waals surface area contributed by atoms with E-state index in [-0.39, 0.29) is 0 Å². The Hall–Kier alpha value is -2.67. The molecule has 0 atom stereocenters. The van der Waals surface area contributed by atoms with Crippen molar-refractivity contribution in [2.45, 2.75) is 0 Å². The van der Waals surface area contributed by atoms with Crippen LogP contribution in [0.3, 0.4) is 0 Å². The molecule has 7 heteroatoms. The normalized spacial score (nSPS) is 11.1. The molecule has 2 aromatic heterocycles. The maximum Gasteiger partial charge on any atom is 0.165 e. The zero-order chi connectivity index (χ0) is 16.7. The smallest absolute Gasteiger partial charge is 0.165 e. The van der Waals surface area contributed by atoms with Crippen molar-refractivity contribution < 1.29 is 9.47 Å². The van der Waals surface area contributed by atoms with Gasteiger partial charge in [0.2, 0.25) is 0 Å². The van der Waals surface area contributed by atoms with Gasteiger partial charge in [0.15, 0.2) is 17.3 Å². The first-order chi connectivity index (χ1) is 11.7. The van der Waals surface area contributed by atoms with Crippen LogP contribution in [-0.4, -0.2) is 34.0 Å². The minimum atomic E-state index is 0.622. The van der Waals surface area contributed by atoms with E-state index in [0.29, 0.717) is 17.3 Å². The number of benzene rings is 2. The summed E-state index contributed by atoms with van der Waals surface area (Å²) in [4.78, 5) is 8.78. The molecule has 0 amide bonds. The second-order valence-corrected chi connectivity index (χ2v) is 5.89. The van der Waals surface area contributed by atoms with E-state index in [9.17, 15) is 0 Å². The summed E-state index contributed by atoms with van der Waals surface area (Å²) in [6.45, 7) is 0. The number of fused-ring (bicyclic) bond motifs is 2. The highest BCUT2D eigenvalue weighted by Gasteiger charge is 2.16. The van der Waals surface area contributed by atoms with Gasteiger partial charge in [-0.3, -0.25) is 0 Å². The van der Waals surface area contributed by atoms with Gasteiger partial charge in [-0.2, -0.15) is 5.10 Å². The van der Waals surface area contributed by atoms with Gasteiger partial charge in [0, 0.05) is 16.8 Å². The molecule has 24 heavy (non-hydrogen) atoms. The highest BCUT2D eigenvalue weighted by Crippen LogP contribution is 2.34. The van der Waals surface area contributed by atoms with E-state index in [4.69, 9.17) is 9.47 Å². The molecule has 0 aliphatic heterocycles. The summed E-state index contributed by atoms with van der Waals surface area (Å²) in [5.41, 5.74) is 1.72. The molecule has 0 aliphatic rings. The number of hydrogen-bond donors (Lipinski definition) is 0. The van der Waals surface area contributed by atoms with E-state index in [1.165, 1.54) is 6.33 Å². The summed E-state index contributed by atoms with van der Waals surface area (Å²) >= 11 is 3.51. The van der Waals surface area contributed by atoms with E-state index in [1.54, 1.807) is 18.9 Å². The third-order valence-electron chi connectivity index (χ3n) is 3.86. The quantitative estimate of drug-likeness (QED) is 0.538. The molecule has 4 aromatic rings. The number of para-hydroxylation sites is 1. The molecule has 2 aromatic carbocycles. The van der Waals surface area contributed by atoms with Crippen LogP contribution in [0.25, 0.3) is 27.6 Å². The molecular formula is C17H13BrN4O2. The van der Waals surface area contributed by atoms with Crippen LogP contribution in [0.2, 0.25) is 0 Å². The van der Waals surface area contributed by atoms with Crippen LogP contribution in [0.5, 0.6) is 11.5 Å². The van der Waals surface area contributed by atoms with Crippen LogP contribution in [0.1, 0.15) is 0 Å².